The number of aliphatic carboxylic acids is 2. The van der Waals surface area contributed by atoms with Gasteiger partial charge < -0.3 is 14.6 Å². The minimum Gasteiger partial charge on any atom is -0.475 e. The molecule has 2 atom stereocenters. The molecule has 2 aliphatic rings. The Bertz CT molecular complexity index is 753. The molecule has 2 saturated heterocycles. The summed E-state index contributed by atoms with van der Waals surface area (Å²) in [6, 6.07) is 5.62. The number of alkyl halides is 6. The largest absolute Gasteiger partial charge is 0.490 e. The Balaban J connectivity index is 0.000000305. The number of halogens is 6. The molecule has 1 aromatic heterocycles. The van der Waals surface area contributed by atoms with Gasteiger partial charge in [0.25, 0.3) is 0 Å². The predicted octanol–water partition coefficient (Wildman–Crippen LogP) is 3.69. The topological polar surface area (TPSA) is 94.2 Å². The fourth-order valence-electron chi connectivity index (χ4n) is 3.52. The zero-order chi connectivity index (χ0) is 24.7. The molecule has 0 aliphatic carbocycles. The number of nitrogens with zero attached hydrogens (tertiary/aromatic N) is 2. The summed E-state index contributed by atoms with van der Waals surface area (Å²) in [6.45, 7) is 10.3. The van der Waals surface area contributed by atoms with Gasteiger partial charge in [-0.3, -0.25) is 9.80 Å². The Labute approximate surface area is 179 Å². The lowest BCUT2D eigenvalue weighted by molar-refractivity contribution is -0.193. The molecule has 0 unspecified atom stereocenters. The molecule has 0 aromatic carbocycles. The van der Waals surface area contributed by atoms with Gasteiger partial charge in [-0.2, -0.15) is 26.3 Å². The van der Waals surface area contributed by atoms with Crippen LogP contribution in [0.1, 0.15) is 24.4 Å². The van der Waals surface area contributed by atoms with Crippen molar-refractivity contribution < 1.29 is 50.6 Å². The van der Waals surface area contributed by atoms with Crippen molar-refractivity contribution in [1.82, 2.24) is 9.80 Å². The molecule has 2 N–H and O–H groups in total. The van der Waals surface area contributed by atoms with Crippen LogP contribution in [0.2, 0.25) is 0 Å². The Morgan fingerprint density at radius 2 is 1.47 bits per heavy atom. The van der Waals surface area contributed by atoms with Gasteiger partial charge in [0.2, 0.25) is 0 Å². The molecule has 0 bridgehead atoms. The molecule has 2 fully saturated rings. The number of furan rings is 1. The van der Waals surface area contributed by atoms with Crippen LogP contribution >= 0.6 is 0 Å². The van der Waals surface area contributed by atoms with Crippen LogP contribution in [0.15, 0.2) is 29.2 Å². The van der Waals surface area contributed by atoms with Gasteiger partial charge in [-0.25, -0.2) is 9.59 Å². The summed E-state index contributed by atoms with van der Waals surface area (Å²) in [5, 5.41) is 14.2. The van der Waals surface area contributed by atoms with E-state index in [4.69, 9.17) is 24.2 Å². The molecule has 0 spiro atoms. The van der Waals surface area contributed by atoms with E-state index >= 15 is 0 Å². The highest BCUT2D eigenvalue weighted by molar-refractivity contribution is 5.73. The highest BCUT2D eigenvalue weighted by atomic mass is 19.4. The maximum absolute atomic E-state index is 10.6. The first-order valence-electron chi connectivity index (χ1n) is 9.41. The van der Waals surface area contributed by atoms with Crippen molar-refractivity contribution in [2.75, 3.05) is 19.6 Å². The Kier molecular flexibility index (Phi) is 9.76. The van der Waals surface area contributed by atoms with Crippen LogP contribution in [0.5, 0.6) is 0 Å². The molecule has 13 heteroatoms. The van der Waals surface area contributed by atoms with Gasteiger partial charge in [0.1, 0.15) is 11.5 Å². The fraction of sp³-hybridized carbons (Fsp3) is 0.579. The summed E-state index contributed by atoms with van der Waals surface area (Å²) < 4.78 is 69.2. The minimum atomic E-state index is -5.08. The predicted molar refractivity (Wildman–Crippen MR) is 99.8 cm³/mol. The quantitative estimate of drug-likeness (QED) is 0.508. The number of fused-ring (bicyclic) bond motifs is 1. The molecule has 182 valence electrons. The molecule has 7 nitrogen and oxygen atoms in total. The Morgan fingerprint density at radius 1 is 1.03 bits per heavy atom. The van der Waals surface area contributed by atoms with Crippen molar-refractivity contribution in [3.8, 4) is 0 Å². The molecular formula is C19H24F6N2O5. The van der Waals surface area contributed by atoms with E-state index in [1.165, 1.54) is 25.9 Å². The lowest BCUT2D eigenvalue weighted by Gasteiger charge is -2.24. The van der Waals surface area contributed by atoms with E-state index in [2.05, 4.69) is 28.5 Å². The molecule has 0 radical (unpaired) electrons. The number of carboxylic acids is 2. The third-order valence-electron chi connectivity index (χ3n) is 4.81. The van der Waals surface area contributed by atoms with Crippen molar-refractivity contribution in [3.63, 3.8) is 0 Å². The summed E-state index contributed by atoms with van der Waals surface area (Å²) >= 11 is 0. The smallest absolute Gasteiger partial charge is 0.475 e. The van der Waals surface area contributed by atoms with E-state index in [0.29, 0.717) is 0 Å². The molecule has 32 heavy (non-hydrogen) atoms. The maximum atomic E-state index is 10.6. The third kappa shape index (κ3) is 8.54. The number of hydrogen-bond donors (Lipinski definition) is 2. The second-order valence-electron chi connectivity index (χ2n) is 7.08. The first kappa shape index (κ1) is 27.5. The molecule has 3 rings (SSSR count). The summed E-state index contributed by atoms with van der Waals surface area (Å²) in [4.78, 5) is 23.0. The summed E-state index contributed by atoms with van der Waals surface area (Å²) in [5.41, 5.74) is 0. The van der Waals surface area contributed by atoms with Crippen molar-refractivity contribution in [2.24, 2.45) is 0 Å². The lowest BCUT2D eigenvalue weighted by atomic mass is 10.1. The fourth-order valence-corrected chi connectivity index (χ4v) is 3.52. The van der Waals surface area contributed by atoms with E-state index in [9.17, 15) is 26.3 Å². The molecule has 0 amide bonds. The molecule has 0 saturated carbocycles. The summed E-state index contributed by atoms with van der Waals surface area (Å²) in [5.74, 6) is -3.39. The van der Waals surface area contributed by atoms with E-state index in [-0.39, 0.29) is 0 Å². The van der Waals surface area contributed by atoms with Gasteiger partial charge in [0, 0.05) is 31.7 Å². The Hall–Kier alpha value is -2.54. The van der Waals surface area contributed by atoms with Gasteiger partial charge in [-0.05, 0) is 31.9 Å². The van der Waals surface area contributed by atoms with E-state index in [0.717, 1.165) is 36.7 Å². The number of likely N-dealkylation sites (tertiary alicyclic amines) is 2. The van der Waals surface area contributed by atoms with E-state index < -0.39 is 24.3 Å². The second kappa shape index (κ2) is 11.4. The van der Waals surface area contributed by atoms with Crippen LogP contribution in [0.25, 0.3) is 0 Å². The first-order valence-corrected chi connectivity index (χ1v) is 9.41. The molecule has 3 heterocycles. The van der Waals surface area contributed by atoms with Crippen molar-refractivity contribution >= 4 is 11.9 Å². The zero-order valence-corrected chi connectivity index (χ0v) is 17.1. The first-order chi connectivity index (χ1) is 14.7. The Morgan fingerprint density at radius 3 is 1.84 bits per heavy atom. The number of carbonyl (C=O) groups is 2. The summed E-state index contributed by atoms with van der Waals surface area (Å²) in [6.07, 6.45) is -5.56. The van der Waals surface area contributed by atoms with Crippen LogP contribution in [0.3, 0.4) is 0 Å². The normalized spacial score (nSPS) is 21.1. The van der Waals surface area contributed by atoms with Gasteiger partial charge in [0.15, 0.2) is 0 Å². The average Bonchev–Trinajstić information content (AvgIpc) is 3.34. The SMILES string of the molecule is C=CCN1CC[C@@H]2[C@@H]1CCN2Cc1ccc(C)o1.O=C(O)C(F)(F)F.O=C(O)C(F)(F)F. The minimum absolute atomic E-state index is 0.718. The standard InChI is InChI=1S/C15H22N2O.2C2HF3O2/c1-3-8-16-9-6-15-14(16)7-10-17(15)11-13-5-4-12(2)18-13;2*3-2(4,5)1(6)7/h3-5,14-15H,1,6-11H2,2H3;2*(H,6,7)/t14-,15+;;/m0../s1. The summed E-state index contributed by atoms with van der Waals surface area (Å²) in [7, 11) is 0. The van der Waals surface area contributed by atoms with E-state index in [1.807, 2.05) is 13.0 Å². The number of rotatable bonds is 4. The van der Waals surface area contributed by atoms with Crippen LogP contribution in [-0.4, -0.2) is 76.0 Å². The van der Waals surface area contributed by atoms with Crippen LogP contribution < -0.4 is 0 Å². The third-order valence-corrected chi connectivity index (χ3v) is 4.81. The molecular weight excluding hydrogens is 450 g/mol. The monoisotopic (exact) mass is 474 g/mol. The maximum Gasteiger partial charge on any atom is 0.490 e. The highest BCUT2D eigenvalue weighted by Crippen LogP contribution is 2.32. The van der Waals surface area contributed by atoms with Crippen LogP contribution in [0.4, 0.5) is 26.3 Å². The van der Waals surface area contributed by atoms with Gasteiger partial charge in [0.05, 0.1) is 6.54 Å². The molecule has 1 aromatic rings. The van der Waals surface area contributed by atoms with Gasteiger partial charge in [-0.1, -0.05) is 6.08 Å². The van der Waals surface area contributed by atoms with Crippen molar-refractivity contribution in [1.29, 1.82) is 0 Å². The second-order valence-corrected chi connectivity index (χ2v) is 7.08. The van der Waals surface area contributed by atoms with Gasteiger partial charge in [-0.15, -0.1) is 6.58 Å². The average molecular weight is 474 g/mol. The highest BCUT2D eigenvalue weighted by Gasteiger charge is 2.42. The lowest BCUT2D eigenvalue weighted by Crippen LogP contribution is -2.36. The van der Waals surface area contributed by atoms with Crippen molar-refractivity contribution in [3.05, 3.63) is 36.3 Å². The van der Waals surface area contributed by atoms with E-state index in [1.54, 1.807) is 0 Å². The van der Waals surface area contributed by atoms with Crippen LogP contribution in [0, 0.1) is 6.92 Å². The van der Waals surface area contributed by atoms with Crippen LogP contribution in [-0.2, 0) is 16.1 Å². The van der Waals surface area contributed by atoms with Crippen molar-refractivity contribution in [2.45, 2.75) is 50.7 Å². The number of carboxylic acid groups (broad SMARTS) is 2. The zero-order valence-electron chi connectivity index (χ0n) is 17.1. The van der Waals surface area contributed by atoms with Gasteiger partial charge >= 0.3 is 24.3 Å². The number of hydrogen-bond acceptors (Lipinski definition) is 5. The molecule has 2 aliphatic heterocycles. The number of aryl methyl sites for hydroxylation is 1.